The van der Waals surface area contributed by atoms with Crippen LogP contribution in [0, 0.1) is 0 Å². The van der Waals surface area contributed by atoms with E-state index in [1.165, 1.54) is 42.3 Å². The Balaban J connectivity index is 1.82. The topological polar surface area (TPSA) is 93.5 Å². The molecule has 0 fully saturated rings. The average Bonchev–Trinajstić information content (AvgIpc) is 3.25. The van der Waals surface area contributed by atoms with Gasteiger partial charge in [-0.05, 0) is 37.3 Å². The fourth-order valence-electron chi connectivity index (χ4n) is 4.22. The van der Waals surface area contributed by atoms with Crippen molar-refractivity contribution >= 4 is 73.1 Å². The van der Waals surface area contributed by atoms with E-state index >= 15 is 0 Å². The van der Waals surface area contributed by atoms with Crippen molar-refractivity contribution in [2.24, 2.45) is 0 Å². The van der Waals surface area contributed by atoms with E-state index in [-0.39, 0.29) is 33.9 Å². The molecule has 0 saturated carbocycles. The molecule has 0 amide bonds. The number of allylic oxidation sites excluding steroid dienone is 2. The highest BCUT2D eigenvalue weighted by Crippen LogP contribution is 2.36. The lowest BCUT2D eigenvalue weighted by atomic mass is 9.91. The summed E-state index contributed by atoms with van der Waals surface area (Å²) in [5.74, 6) is -1.76. The van der Waals surface area contributed by atoms with E-state index < -0.39 is 31.4 Å². The van der Waals surface area contributed by atoms with Gasteiger partial charge in [0.15, 0.2) is 11.6 Å². The fourth-order valence-corrected chi connectivity index (χ4v) is 6.10. The number of carbonyl (C=O) groups is 3. The van der Waals surface area contributed by atoms with Gasteiger partial charge in [0.25, 0.3) is 13.8 Å². The molecule has 2 aromatic carbocycles. The van der Waals surface area contributed by atoms with Crippen LogP contribution in [0.25, 0.3) is 10.9 Å². The predicted octanol–water partition coefficient (Wildman–Crippen LogP) is 5.10. The number of aromatic nitrogens is 1. The maximum Gasteiger partial charge on any atom is 0.268 e. The molecule has 3 aromatic rings. The second-order valence-electron chi connectivity index (χ2n) is 8.55. The Morgan fingerprint density at radius 1 is 0.973 bits per heavy atom. The summed E-state index contributed by atoms with van der Waals surface area (Å²) in [5.41, 5.74) is 0.403. The highest BCUT2D eigenvalue weighted by Gasteiger charge is 2.40. The number of halogens is 3. The van der Waals surface area contributed by atoms with Crippen LogP contribution in [-0.4, -0.2) is 51.5 Å². The Bertz CT molecular complexity index is 1590. The van der Waals surface area contributed by atoms with Crippen molar-refractivity contribution in [3.63, 3.8) is 0 Å². The van der Waals surface area contributed by atoms with Gasteiger partial charge in [-0.3, -0.25) is 14.4 Å². The number of hydrogen-bond acceptors (Lipinski definition) is 6. The first-order chi connectivity index (χ1) is 17.3. The monoisotopic (exact) mass is 578 g/mol. The fraction of sp³-hybridized carbons (Fsp3) is 0.192. The summed E-state index contributed by atoms with van der Waals surface area (Å²) in [7, 11) is -2.57. The number of Topliss-reactive ketones (excluding diaryl/α,β-unsaturated/α-hetero) is 3. The molecule has 1 atom stereocenters. The molecule has 0 radical (unpaired) electrons. The maximum absolute atomic E-state index is 13.7. The quantitative estimate of drug-likeness (QED) is 0.285. The van der Waals surface area contributed by atoms with Crippen LogP contribution in [0.2, 0.25) is 0 Å². The molecule has 0 N–H and O–H groups in total. The average molecular weight is 580 g/mol. The normalized spacial score (nSPS) is 16.4. The number of alkyl halides is 3. The molecule has 1 unspecified atom stereocenters. The Morgan fingerprint density at radius 2 is 1.59 bits per heavy atom. The zero-order valence-corrected chi connectivity index (χ0v) is 22.8. The molecule has 2 heterocycles. The van der Waals surface area contributed by atoms with Crippen LogP contribution in [0.5, 0.6) is 0 Å². The van der Waals surface area contributed by atoms with E-state index in [4.69, 9.17) is 34.8 Å². The summed E-state index contributed by atoms with van der Waals surface area (Å²) in [6, 6.07) is 15.1. The molecule has 11 heteroatoms. The molecule has 7 nitrogen and oxygen atoms in total. The van der Waals surface area contributed by atoms with Crippen molar-refractivity contribution in [2.45, 2.75) is 28.1 Å². The van der Waals surface area contributed by atoms with E-state index in [0.717, 1.165) is 3.97 Å². The molecule has 0 aliphatic carbocycles. The number of ketones is 3. The van der Waals surface area contributed by atoms with Gasteiger partial charge < -0.3 is 4.90 Å². The Labute approximate surface area is 228 Å². The number of nitrogens with zero attached hydrogens (tertiary/aromatic N) is 2. The first kappa shape index (κ1) is 27.1. The lowest BCUT2D eigenvalue weighted by Gasteiger charge is -2.33. The van der Waals surface area contributed by atoms with Gasteiger partial charge in [-0.2, -0.15) is 0 Å². The smallest absolute Gasteiger partial charge is 0.268 e. The minimum Gasteiger partial charge on any atom is -0.372 e. The first-order valence-corrected chi connectivity index (χ1v) is 13.6. The van der Waals surface area contributed by atoms with E-state index in [9.17, 15) is 22.8 Å². The van der Waals surface area contributed by atoms with Gasteiger partial charge in [0.2, 0.25) is 5.78 Å². The minimum atomic E-state index is -4.14. The molecule has 192 valence electrons. The lowest BCUT2D eigenvalue weighted by Crippen LogP contribution is -2.40. The lowest BCUT2D eigenvalue weighted by molar-refractivity contribution is -0.115. The summed E-state index contributed by atoms with van der Waals surface area (Å²) in [4.78, 5) is 40.2. The molecule has 1 aliphatic heterocycles. The van der Waals surface area contributed by atoms with E-state index in [2.05, 4.69) is 0 Å². The van der Waals surface area contributed by atoms with Crippen molar-refractivity contribution in [3.8, 4) is 0 Å². The van der Waals surface area contributed by atoms with Crippen LogP contribution < -0.4 is 0 Å². The summed E-state index contributed by atoms with van der Waals surface area (Å²) < 4.78 is 26.0. The summed E-state index contributed by atoms with van der Waals surface area (Å²) in [5, 5.41) is 0.550. The van der Waals surface area contributed by atoms with Gasteiger partial charge in [-0.1, -0.05) is 71.2 Å². The van der Waals surface area contributed by atoms with Crippen LogP contribution in [0.15, 0.2) is 89.0 Å². The molecule has 37 heavy (non-hydrogen) atoms. The van der Waals surface area contributed by atoms with E-state index in [1.54, 1.807) is 49.5 Å². The predicted molar refractivity (Wildman–Crippen MR) is 144 cm³/mol. The van der Waals surface area contributed by atoms with Gasteiger partial charge in [-0.15, -0.1) is 0 Å². The SMILES string of the molecule is CC(=O)C1=CN(C)C(CC(=O)c2cc3ccccc3n2S(=O)(=O)c2ccccc2)C(C(=O)C(Cl)(Cl)Cl)=C1. The van der Waals surface area contributed by atoms with Crippen LogP contribution >= 0.6 is 34.8 Å². The summed E-state index contributed by atoms with van der Waals surface area (Å²) in [6.45, 7) is 1.33. The number of rotatable bonds is 7. The zero-order chi connectivity index (χ0) is 27.1. The number of benzene rings is 2. The van der Waals surface area contributed by atoms with E-state index in [1.807, 2.05) is 0 Å². The number of para-hydroxylation sites is 1. The molecule has 0 bridgehead atoms. The highest BCUT2D eigenvalue weighted by molar-refractivity contribution is 7.90. The Morgan fingerprint density at radius 3 is 2.22 bits per heavy atom. The molecule has 1 aliphatic rings. The summed E-state index contributed by atoms with van der Waals surface area (Å²) in [6.07, 6.45) is 2.48. The van der Waals surface area contributed by atoms with Crippen LogP contribution in [0.3, 0.4) is 0 Å². The van der Waals surface area contributed by atoms with Crippen molar-refractivity contribution in [1.82, 2.24) is 8.87 Å². The Hall–Kier alpha value is -2.91. The van der Waals surface area contributed by atoms with Crippen molar-refractivity contribution in [1.29, 1.82) is 0 Å². The number of likely N-dealkylation sites (N-methyl/N-ethyl adjacent to an activating group) is 1. The maximum atomic E-state index is 13.7. The molecular formula is C26H21Cl3N2O5S. The highest BCUT2D eigenvalue weighted by atomic mass is 35.6. The van der Waals surface area contributed by atoms with Gasteiger partial charge in [0.05, 0.1) is 16.5 Å². The number of fused-ring (bicyclic) bond motifs is 1. The number of carbonyl (C=O) groups excluding carboxylic acids is 3. The molecule has 0 spiro atoms. The van der Waals surface area contributed by atoms with Gasteiger partial charge in [0.1, 0.15) is 5.69 Å². The minimum absolute atomic E-state index is 0.0150. The third-order valence-electron chi connectivity index (χ3n) is 6.04. The number of hydrogen-bond donors (Lipinski definition) is 0. The van der Waals surface area contributed by atoms with Gasteiger partial charge in [0, 0.05) is 36.2 Å². The van der Waals surface area contributed by atoms with Crippen LogP contribution in [-0.2, 0) is 19.6 Å². The zero-order valence-electron chi connectivity index (χ0n) is 19.7. The molecule has 1 aromatic heterocycles. The second-order valence-corrected chi connectivity index (χ2v) is 12.6. The third-order valence-corrected chi connectivity index (χ3v) is 8.30. The van der Waals surface area contributed by atoms with Crippen molar-refractivity contribution in [3.05, 3.63) is 89.8 Å². The first-order valence-electron chi connectivity index (χ1n) is 11.0. The van der Waals surface area contributed by atoms with Crippen LogP contribution in [0.4, 0.5) is 0 Å². The third kappa shape index (κ3) is 5.25. The summed E-state index contributed by atoms with van der Waals surface area (Å²) >= 11 is 17.6. The van der Waals surface area contributed by atoms with Crippen molar-refractivity contribution in [2.75, 3.05) is 7.05 Å². The molecule has 0 saturated heterocycles. The molecule has 4 rings (SSSR count). The van der Waals surface area contributed by atoms with Crippen molar-refractivity contribution < 1.29 is 22.8 Å². The van der Waals surface area contributed by atoms with Crippen LogP contribution in [0.1, 0.15) is 23.8 Å². The van der Waals surface area contributed by atoms with E-state index in [0.29, 0.717) is 10.9 Å². The standard InChI is InChI=1S/C26H21Cl3N2O5S/c1-16(32)18-12-20(25(34)26(27,28)29)22(30(2)15-18)14-24(33)23-13-17-8-6-7-11-21(17)31(23)37(35,36)19-9-4-3-5-10-19/h3-13,15,22H,14H2,1-2H3. The van der Waals surface area contributed by atoms with Gasteiger partial charge >= 0.3 is 0 Å². The molecular weight excluding hydrogens is 559 g/mol. The Kier molecular flexibility index (Phi) is 7.41. The second kappa shape index (κ2) is 10.1. The van der Waals surface area contributed by atoms with Gasteiger partial charge in [-0.25, -0.2) is 12.4 Å². The largest absolute Gasteiger partial charge is 0.372 e.